The molecule has 0 aromatic carbocycles. The second kappa shape index (κ2) is 4.96. The van der Waals surface area contributed by atoms with Crippen molar-refractivity contribution < 1.29 is 8.42 Å². The molecule has 110 valence electrons. The van der Waals surface area contributed by atoms with E-state index in [4.69, 9.17) is 28.3 Å². The first-order chi connectivity index (χ1) is 9.01. The highest BCUT2D eigenvalue weighted by molar-refractivity contribution is 7.89. The van der Waals surface area contributed by atoms with Crippen molar-refractivity contribution in [1.29, 1.82) is 0 Å². The van der Waals surface area contributed by atoms with Gasteiger partial charge in [0.25, 0.3) is 15.2 Å². The number of nitrogens with zero attached hydrogens (tertiary/aromatic N) is 3. The van der Waals surface area contributed by atoms with Gasteiger partial charge in [-0.1, -0.05) is 23.2 Å². The normalized spacial score (nSPS) is 12.9. The van der Waals surface area contributed by atoms with Gasteiger partial charge in [0.1, 0.15) is 4.34 Å². The summed E-state index contributed by atoms with van der Waals surface area (Å²) in [5, 5.41) is 12.5. The Balaban J connectivity index is 2.80. The summed E-state index contributed by atoms with van der Waals surface area (Å²) in [5.74, 6) is 0.315. The van der Waals surface area contributed by atoms with Crippen molar-refractivity contribution in [2.45, 2.75) is 31.5 Å². The van der Waals surface area contributed by atoms with Crippen LogP contribution in [0.4, 0.5) is 0 Å². The molecule has 2 aromatic rings. The molecule has 0 spiro atoms. The molecular formula is C10H12Cl2N4O2S2. The average molecular weight is 355 g/mol. The van der Waals surface area contributed by atoms with Crippen molar-refractivity contribution in [1.82, 2.24) is 14.8 Å². The summed E-state index contributed by atoms with van der Waals surface area (Å²) < 4.78 is 25.6. The van der Waals surface area contributed by atoms with Crippen LogP contribution in [0.15, 0.2) is 11.2 Å². The Morgan fingerprint density at radius 3 is 2.30 bits per heavy atom. The van der Waals surface area contributed by atoms with E-state index in [2.05, 4.69) is 10.2 Å². The van der Waals surface area contributed by atoms with Gasteiger partial charge in [0, 0.05) is 5.54 Å². The number of aromatic nitrogens is 3. The van der Waals surface area contributed by atoms with Gasteiger partial charge in [-0.2, -0.15) is 0 Å². The van der Waals surface area contributed by atoms with Crippen LogP contribution >= 0.6 is 34.5 Å². The van der Waals surface area contributed by atoms with Crippen LogP contribution in [0.2, 0.25) is 8.67 Å². The first-order valence-corrected chi connectivity index (χ1v) is 8.57. The minimum atomic E-state index is -3.99. The number of sulfonamides is 1. The molecule has 2 N–H and O–H groups in total. The molecule has 0 aliphatic carbocycles. The number of halogens is 2. The Morgan fingerprint density at radius 2 is 1.90 bits per heavy atom. The lowest BCUT2D eigenvalue weighted by atomic mass is 10.1. The molecule has 2 aromatic heterocycles. The van der Waals surface area contributed by atoms with E-state index in [1.807, 2.05) is 20.8 Å². The highest BCUT2D eigenvalue weighted by atomic mass is 35.5. The number of nitrogens with two attached hydrogens (primary N) is 1. The van der Waals surface area contributed by atoms with Crippen molar-refractivity contribution in [3.63, 3.8) is 0 Å². The molecule has 0 aliphatic rings. The topological polar surface area (TPSA) is 90.9 Å². The molecule has 0 amide bonds. The Hall–Kier alpha value is -0.670. The number of thiophene rings is 1. The van der Waals surface area contributed by atoms with E-state index in [9.17, 15) is 8.42 Å². The molecule has 2 heterocycles. The summed E-state index contributed by atoms with van der Waals surface area (Å²) in [6.45, 7) is 5.45. The van der Waals surface area contributed by atoms with Crippen molar-refractivity contribution in [2.75, 3.05) is 0 Å². The van der Waals surface area contributed by atoms with Gasteiger partial charge >= 0.3 is 0 Å². The fourth-order valence-electron chi connectivity index (χ4n) is 1.73. The number of primary sulfonamides is 1. The predicted molar refractivity (Wildman–Crippen MR) is 79.7 cm³/mol. The molecule has 0 unspecified atom stereocenters. The molecule has 6 nitrogen and oxygen atoms in total. The molecular weight excluding hydrogens is 343 g/mol. The molecule has 20 heavy (non-hydrogen) atoms. The lowest BCUT2D eigenvalue weighted by Crippen LogP contribution is -2.29. The van der Waals surface area contributed by atoms with Gasteiger partial charge in [-0.05, 0) is 26.8 Å². The van der Waals surface area contributed by atoms with Gasteiger partial charge < -0.3 is 0 Å². The van der Waals surface area contributed by atoms with Crippen LogP contribution in [0.1, 0.15) is 20.8 Å². The molecule has 0 fully saturated rings. The second-order valence-electron chi connectivity index (χ2n) is 5.10. The molecule has 0 aliphatic heterocycles. The molecule has 0 saturated heterocycles. The maximum atomic E-state index is 11.6. The van der Waals surface area contributed by atoms with Crippen LogP contribution in [0.3, 0.4) is 0 Å². The molecule has 0 bridgehead atoms. The maximum absolute atomic E-state index is 11.6. The van der Waals surface area contributed by atoms with Crippen LogP contribution in [-0.2, 0) is 15.6 Å². The van der Waals surface area contributed by atoms with Gasteiger partial charge in [0.2, 0.25) is 0 Å². The number of hydrogen-bond acceptors (Lipinski definition) is 5. The zero-order valence-electron chi connectivity index (χ0n) is 10.9. The predicted octanol–water partition coefficient (Wildman–Crippen LogP) is 2.72. The van der Waals surface area contributed by atoms with Gasteiger partial charge in [-0.25, -0.2) is 13.6 Å². The van der Waals surface area contributed by atoms with Gasteiger partial charge in [0.15, 0.2) is 5.82 Å². The second-order valence-corrected chi connectivity index (χ2v) is 8.84. The Labute approximate surface area is 130 Å². The van der Waals surface area contributed by atoms with Crippen molar-refractivity contribution in [3.05, 3.63) is 14.7 Å². The molecule has 2 rings (SSSR count). The van der Waals surface area contributed by atoms with E-state index >= 15 is 0 Å². The van der Waals surface area contributed by atoms with Gasteiger partial charge in [-0.15, -0.1) is 21.5 Å². The lowest BCUT2D eigenvalue weighted by molar-refractivity contribution is 0.366. The lowest BCUT2D eigenvalue weighted by Gasteiger charge is -2.24. The van der Waals surface area contributed by atoms with Gasteiger partial charge in [0.05, 0.1) is 9.90 Å². The minimum Gasteiger partial charge on any atom is -0.291 e. The summed E-state index contributed by atoms with van der Waals surface area (Å²) in [4.78, 5) is 0. The van der Waals surface area contributed by atoms with E-state index < -0.39 is 15.6 Å². The van der Waals surface area contributed by atoms with Crippen LogP contribution in [0.25, 0.3) is 11.4 Å². The highest BCUT2D eigenvalue weighted by Gasteiger charge is 2.30. The van der Waals surface area contributed by atoms with Crippen molar-refractivity contribution in [2.24, 2.45) is 5.14 Å². The molecule has 0 radical (unpaired) electrons. The van der Waals surface area contributed by atoms with E-state index in [1.54, 1.807) is 6.07 Å². The fourth-order valence-corrected chi connectivity index (χ4v) is 3.95. The van der Waals surface area contributed by atoms with E-state index in [1.165, 1.54) is 15.9 Å². The quantitative estimate of drug-likeness (QED) is 0.897. The zero-order chi connectivity index (χ0) is 15.3. The third-order valence-corrected chi connectivity index (χ3v) is 4.72. The third kappa shape index (κ3) is 2.84. The van der Waals surface area contributed by atoms with Crippen LogP contribution < -0.4 is 5.14 Å². The highest BCUT2D eigenvalue weighted by Crippen LogP contribution is 2.39. The summed E-state index contributed by atoms with van der Waals surface area (Å²) in [7, 11) is -3.99. The van der Waals surface area contributed by atoms with Gasteiger partial charge in [-0.3, -0.25) is 4.57 Å². The largest absolute Gasteiger partial charge is 0.291 e. The Bertz CT molecular complexity index is 759. The summed E-state index contributed by atoms with van der Waals surface area (Å²) >= 11 is 13.2. The average Bonchev–Trinajstić information content (AvgIpc) is 2.79. The van der Waals surface area contributed by atoms with Crippen molar-refractivity contribution >= 4 is 44.6 Å². The fraction of sp³-hybridized carbons (Fsp3) is 0.400. The first kappa shape index (κ1) is 15.7. The Kier molecular flexibility index (Phi) is 3.89. The minimum absolute atomic E-state index is 0.307. The van der Waals surface area contributed by atoms with Crippen molar-refractivity contribution in [3.8, 4) is 11.4 Å². The number of hydrogen-bond donors (Lipinski definition) is 1. The van der Waals surface area contributed by atoms with Crippen LogP contribution in [-0.4, -0.2) is 23.2 Å². The van der Waals surface area contributed by atoms with Crippen LogP contribution in [0.5, 0.6) is 0 Å². The standard InChI is InChI=1S/C10H12Cl2N4O2S2/c1-10(2,3)16-8(5-4-6(11)19-7(5)12)14-15-9(16)20(13,17)18/h4H,1-3H3,(H2,13,17,18). The van der Waals surface area contributed by atoms with E-state index in [0.29, 0.717) is 20.1 Å². The van der Waals surface area contributed by atoms with E-state index in [-0.39, 0.29) is 5.16 Å². The number of rotatable bonds is 2. The first-order valence-electron chi connectivity index (χ1n) is 5.45. The summed E-state index contributed by atoms with van der Waals surface area (Å²) in [5.41, 5.74) is -0.0720. The summed E-state index contributed by atoms with van der Waals surface area (Å²) in [6.07, 6.45) is 0. The van der Waals surface area contributed by atoms with E-state index in [0.717, 1.165) is 0 Å². The smallest absolute Gasteiger partial charge is 0.273 e. The SMILES string of the molecule is CC(C)(C)n1c(-c2cc(Cl)sc2Cl)nnc1S(N)(=O)=O. The van der Waals surface area contributed by atoms with Crippen LogP contribution in [0, 0.1) is 0 Å². The zero-order valence-corrected chi connectivity index (χ0v) is 14.0. The Morgan fingerprint density at radius 1 is 1.30 bits per heavy atom. The summed E-state index contributed by atoms with van der Waals surface area (Å²) in [6, 6.07) is 1.62. The molecule has 0 saturated carbocycles. The molecule has 10 heteroatoms. The monoisotopic (exact) mass is 354 g/mol. The third-order valence-electron chi connectivity index (χ3n) is 2.46. The molecule has 0 atom stereocenters. The maximum Gasteiger partial charge on any atom is 0.273 e.